The summed E-state index contributed by atoms with van der Waals surface area (Å²) < 4.78 is 4.32. The Morgan fingerprint density at radius 2 is 1.73 bits per heavy atom. The number of rotatable bonds is 13. The predicted molar refractivity (Wildman–Crippen MR) is 178 cm³/mol. The summed E-state index contributed by atoms with van der Waals surface area (Å²) in [5, 5.41) is 10.1. The lowest BCUT2D eigenvalue weighted by Crippen LogP contribution is -2.60. The Labute approximate surface area is 267 Å². The van der Waals surface area contributed by atoms with Gasteiger partial charge in [0.15, 0.2) is 0 Å². The molecule has 2 bridgehead atoms. The van der Waals surface area contributed by atoms with Gasteiger partial charge >= 0.3 is 0 Å². The van der Waals surface area contributed by atoms with E-state index in [9.17, 15) is 19.5 Å². The van der Waals surface area contributed by atoms with Crippen LogP contribution in [-0.2, 0) is 14.4 Å². The molecule has 8 nitrogen and oxygen atoms in total. The van der Waals surface area contributed by atoms with E-state index >= 15 is 0 Å². The highest BCUT2D eigenvalue weighted by Gasteiger charge is 2.77. The fourth-order valence-corrected chi connectivity index (χ4v) is 10.6. The maximum Gasteiger partial charge on any atom is 0.247 e. The summed E-state index contributed by atoms with van der Waals surface area (Å²) in [6, 6.07) is 6.61. The summed E-state index contributed by atoms with van der Waals surface area (Å²) in [4.78, 5) is 49.0. The summed E-state index contributed by atoms with van der Waals surface area (Å²) in [6.45, 7) is 23.4. The van der Waals surface area contributed by atoms with E-state index < -0.39 is 32.9 Å². The van der Waals surface area contributed by atoms with Crippen LogP contribution in [0.2, 0.25) is 0 Å². The van der Waals surface area contributed by atoms with Crippen molar-refractivity contribution in [3.05, 3.63) is 49.6 Å². The lowest BCUT2D eigenvalue weighted by atomic mass is 9.66. The van der Waals surface area contributed by atoms with E-state index in [0.29, 0.717) is 37.4 Å². The number of anilines is 1. The number of aliphatic hydroxyl groups is 1. The average molecular weight is 626 g/mol. The van der Waals surface area contributed by atoms with Gasteiger partial charge in [0.05, 0.1) is 29.8 Å². The van der Waals surface area contributed by atoms with Crippen LogP contribution in [0.25, 0.3) is 0 Å². The molecule has 1 spiro atoms. The second-order valence-electron chi connectivity index (χ2n) is 14.4. The summed E-state index contributed by atoms with van der Waals surface area (Å²) in [7, 11) is 0. The van der Waals surface area contributed by atoms with Gasteiger partial charge in [-0.1, -0.05) is 32.9 Å². The number of ether oxygens (including phenoxy) is 1. The normalized spacial score (nSPS) is 27.7. The highest BCUT2D eigenvalue weighted by Crippen LogP contribution is 2.71. The van der Waals surface area contributed by atoms with Gasteiger partial charge in [-0.25, -0.2) is 0 Å². The van der Waals surface area contributed by atoms with Gasteiger partial charge < -0.3 is 24.5 Å². The molecule has 3 fully saturated rings. The molecule has 0 aromatic heterocycles. The van der Waals surface area contributed by atoms with Crippen LogP contribution in [0.3, 0.4) is 0 Å². The topological polar surface area (TPSA) is 90.4 Å². The zero-order valence-electron chi connectivity index (χ0n) is 27.6. The summed E-state index contributed by atoms with van der Waals surface area (Å²) >= 11 is 1.65. The molecule has 3 amide bonds. The van der Waals surface area contributed by atoms with E-state index in [1.165, 1.54) is 0 Å². The molecule has 44 heavy (non-hydrogen) atoms. The van der Waals surface area contributed by atoms with E-state index in [2.05, 4.69) is 54.7 Å². The zero-order valence-corrected chi connectivity index (χ0v) is 28.4. The lowest BCUT2D eigenvalue weighted by Gasteiger charge is -2.46. The van der Waals surface area contributed by atoms with Gasteiger partial charge in [-0.15, -0.1) is 24.9 Å². The van der Waals surface area contributed by atoms with Gasteiger partial charge in [0.25, 0.3) is 0 Å². The third kappa shape index (κ3) is 5.94. The Hall–Kier alpha value is -2.78. The Balaban J connectivity index is 1.77. The van der Waals surface area contributed by atoms with Crippen LogP contribution in [0.5, 0.6) is 5.75 Å². The monoisotopic (exact) mass is 625 g/mol. The van der Waals surface area contributed by atoms with E-state index in [-0.39, 0.29) is 42.8 Å². The molecule has 0 saturated carbocycles. The minimum absolute atomic E-state index is 0.0403. The van der Waals surface area contributed by atoms with Crippen LogP contribution < -0.4 is 9.64 Å². The first-order valence-corrected chi connectivity index (χ1v) is 16.6. The highest BCUT2D eigenvalue weighted by molar-refractivity contribution is 8.02. The van der Waals surface area contributed by atoms with Crippen molar-refractivity contribution in [1.29, 1.82) is 0 Å². The van der Waals surface area contributed by atoms with Crippen LogP contribution in [0, 0.1) is 17.3 Å². The molecule has 0 radical (unpaired) electrons. The number of carbonyl (C=O) groups excluding carboxylic acids is 3. The van der Waals surface area contributed by atoms with Gasteiger partial charge in [-0.2, -0.15) is 0 Å². The van der Waals surface area contributed by atoms with E-state index in [0.717, 1.165) is 6.42 Å². The second kappa shape index (κ2) is 12.5. The number of thioether (sulfide) groups is 1. The number of amides is 3. The molecule has 1 N–H and O–H groups in total. The third-order valence-corrected chi connectivity index (χ3v) is 11.4. The number of hydrogen-bond acceptors (Lipinski definition) is 6. The number of nitrogens with zero attached hydrogens (tertiary/aromatic N) is 3. The Bertz CT molecular complexity index is 1270. The average Bonchev–Trinajstić information content (AvgIpc) is 3.50. The number of likely N-dealkylation sites (tertiary alicyclic amines) is 1. The van der Waals surface area contributed by atoms with Crippen molar-refractivity contribution < 1.29 is 24.2 Å². The fourth-order valence-electron chi connectivity index (χ4n) is 8.24. The smallest absolute Gasteiger partial charge is 0.247 e. The van der Waals surface area contributed by atoms with Crippen LogP contribution in [0.15, 0.2) is 49.6 Å². The second-order valence-corrected chi connectivity index (χ2v) is 16.3. The standard InChI is InChI=1S/C35H51N3O5S/c1-10-19-36(24-13-15-25(16-14-24)43-12-3)29(40)26-27-30(41)37(21-22-39)28(35(27)18-17-34(26,9)44-35)31(42)38(20-11-2)33(7,8)23-32(4,5)6/h10-11,13-16,26-28,39H,1-2,12,17-23H2,3-9H3/t26-,27+,28?,34+,35?/m1/s1. The first-order valence-electron chi connectivity index (χ1n) is 15.8. The van der Waals surface area contributed by atoms with Gasteiger partial charge in [-0.3, -0.25) is 14.4 Å². The molecule has 3 aliphatic heterocycles. The number of hydrogen-bond donors (Lipinski definition) is 1. The first kappa shape index (κ1) is 34.1. The summed E-state index contributed by atoms with van der Waals surface area (Å²) in [5.41, 5.74) is 0.151. The van der Waals surface area contributed by atoms with Crippen LogP contribution in [-0.4, -0.2) is 86.6 Å². The van der Waals surface area contributed by atoms with Crippen molar-refractivity contribution in [2.75, 3.05) is 37.7 Å². The molecule has 0 aliphatic carbocycles. The Kier molecular flexibility index (Phi) is 9.72. The maximum atomic E-state index is 14.8. The van der Waals surface area contributed by atoms with Crippen molar-refractivity contribution in [3.63, 3.8) is 0 Å². The lowest BCUT2D eigenvalue weighted by molar-refractivity contribution is -0.147. The molecule has 3 aliphatic rings. The Morgan fingerprint density at radius 1 is 1.09 bits per heavy atom. The number of benzene rings is 1. The minimum atomic E-state index is -0.783. The fraction of sp³-hybridized carbons (Fsp3) is 0.629. The molecule has 242 valence electrons. The molecular weight excluding hydrogens is 574 g/mol. The third-order valence-electron chi connectivity index (χ3n) is 9.43. The highest BCUT2D eigenvalue weighted by atomic mass is 32.2. The van der Waals surface area contributed by atoms with E-state index in [1.54, 1.807) is 33.7 Å². The van der Waals surface area contributed by atoms with Crippen molar-refractivity contribution in [1.82, 2.24) is 9.80 Å². The molecule has 1 aromatic carbocycles. The van der Waals surface area contributed by atoms with Crippen molar-refractivity contribution >= 4 is 35.2 Å². The van der Waals surface area contributed by atoms with Crippen LogP contribution in [0.4, 0.5) is 5.69 Å². The minimum Gasteiger partial charge on any atom is -0.494 e. The van der Waals surface area contributed by atoms with Crippen molar-refractivity contribution in [2.45, 2.75) is 88.8 Å². The largest absolute Gasteiger partial charge is 0.494 e. The van der Waals surface area contributed by atoms with Crippen molar-refractivity contribution in [3.8, 4) is 5.75 Å². The molecule has 5 atom stereocenters. The molecule has 1 aromatic rings. The molecule has 9 heteroatoms. The molecule has 3 saturated heterocycles. The quantitative estimate of drug-likeness (QED) is 0.299. The zero-order chi connectivity index (χ0) is 32.7. The molecular formula is C35H51N3O5S. The predicted octanol–water partition coefficient (Wildman–Crippen LogP) is 5.31. The number of fused-ring (bicyclic) bond motifs is 1. The maximum absolute atomic E-state index is 14.8. The molecule has 4 rings (SSSR count). The van der Waals surface area contributed by atoms with E-state index in [1.807, 2.05) is 36.1 Å². The molecule has 3 heterocycles. The summed E-state index contributed by atoms with van der Waals surface area (Å²) in [6.07, 6.45) is 5.55. The summed E-state index contributed by atoms with van der Waals surface area (Å²) in [5.74, 6) is -1.08. The van der Waals surface area contributed by atoms with E-state index in [4.69, 9.17) is 4.74 Å². The number of carbonyl (C=O) groups is 3. The van der Waals surface area contributed by atoms with Crippen molar-refractivity contribution in [2.24, 2.45) is 17.3 Å². The van der Waals surface area contributed by atoms with Gasteiger partial charge in [-0.05, 0) is 76.6 Å². The van der Waals surface area contributed by atoms with Gasteiger partial charge in [0.1, 0.15) is 11.8 Å². The van der Waals surface area contributed by atoms with Crippen LogP contribution >= 0.6 is 11.8 Å². The van der Waals surface area contributed by atoms with Crippen LogP contribution in [0.1, 0.15) is 67.7 Å². The van der Waals surface area contributed by atoms with Gasteiger partial charge in [0, 0.05) is 35.6 Å². The Morgan fingerprint density at radius 3 is 2.27 bits per heavy atom. The number of aliphatic hydroxyl groups excluding tert-OH is 1. The number of β-amino-alcohol motifs (C(OH)–C–C–N with tert-alkyl or cyclic N) is 1. The first-order chi connectivity index (χ1) is 20.6. The molecule has 2 unspecified atom stereocenters. The van der Waals surface area contributed by atoms with Gasteiger partial charge in [0.2, 0.25) is 17.7 Å². The SMILES string of the molecule is C=CCN(C(=O)[C@H]1[C@H]2C(=O)N(CCO)C(C(=O)N(CC=C)C(C)(C)CC(C)(C)C)C23CC[C@]1(C)S3)c1ccc(OCC)cc1.